The maximum absolute atomic E-state index is 12.7. The molecule has 0 radical (unpaired) electrons. The van der Waals surface area contributed by atoms with Crippen LogP contribution in [0.4, 0.5) is 0 Å². The molecule has 1 aromatic carbocycles. The first-order chi connectivity index (χ1) is 13.2. The molecule has 2 fully saturated rings. The first-order valence-electron chi connectivity index (χ1n) is 9.88. The Bertz CT molecular complexity index is 824. The number of carbonyl (C=O) groups excluding carboxylic acids is 2. The highest BCUT2D eigenvalue weighted by molar-refractivity contribution is 7.89. The highest BCUT2D eigenvalue weighted by atomic mass is 32.2. The number of likely N-dealkylation sites (tertiary alicyclic amines) is 1. The van der Waals surface area contributed by atoms with Gasteiger partial charge in [0.1, 0.15) is 0 Å². The molecule has 0 aromatic heterocycles. The van der Waals surface area contributed by atoms with Crippen molar-refractivity contribution in [2.75, 3.05) is 20.1 Å². The molecule has 1 saturated carbocycles. The molecule has 0 unspecified atom stereocenters. The molecule has 2 aliphatic rings. The molecule has 0 spiro atoms. The van der Waals surface area contributed by atoms with E-state index in [1.54, 1.807) is 24.1 Å². The van der Waals surface area contributed by atoms with Crippen LogP contribution in [-0.4, -0.2) is 61.7 Å². The van der Waals surface area contributed by atoms with Crippen LogP contribution in [0.5, 0.6) is 0 Å². The maximum Gasteiger partial charge on any atom is 0.253 e. The monoisotopic (exact) mass is 407 g/mol. The number of nitrogens with zero attached hydrogens (tertiary/aromatic N) is 2. The third-order valence-corrected chi connectivity index (χ3v) is 7.63. The minimum Gasteiger partial charge on any atom is -0.353 e. The van der Waals surface area contributed by atoms with Crippen LogP contribution in [0, 0.1) is 5.92 Å². The summed E-state index contributed by atoms with van der Waals surface area (Å²) < 4.78 is 26.4. The molecular formula is C20H29N3O4S. The molecule has 1 heterocycles. The lowest BCUT2D eigenvalue weighted by molar-refractivity contribution is -0.126. The normalized spacial score (nSPS) is 18.5. The van der Waals surface area contributed by atoms with E-state index in [0.29, 0.717) is 37.5 Å². The summed E-state index contributed by atoms with van der Waals surface area (Å²) in [5.74, 6) is -0.0376. The Morgan fingerprint density at radius 2 is 1.64 bits per heavy atom. The summed E-state index contributed by atoms with van der Waals surface area (Å²) in [5.41, 5.74) is 0.465. The molecule has 1 aliphatic heterocycles. The number of amides is 2. The Labute approximate surface area is 167 Å². The fraction of sp³-hybridized carbons (Fsp3) is 0.600. The topological polar surface area (TPSA) is 86.8 Å². The minimum absolute atomic E-state index is 0.0243. The van der Waals surface area contributed by atoms with Crippen molar-refractivity contribution < 1.29 is 18.0 Å². The minimum atomic E-state index is -3.56. The number of carbonyl (C=O) groups is 2. The standard InChI is InChI=1S/C20H29N3O4S/c1-14(2)22(3)28(26,27)18-8-4-16(5-9-18)20(25)23-12-10-15(11-13-23)19(24)21-17-6-7-17/h4-5,8-9,14-15,17H,6-7,10-13H2,1-3H3,(H,21,24). The van der Waals surface area contributed by atoms with E-state index in [9.17, 15) is 18.0 Å². The van der Waals surface area contributed by atoms with Gasteiger partial charge < -0.3 is 10.2 Å². The van der Waals surface area contributed by atoms with Crippen molar-refractivity contribution in [1.82, 2.24) is 14.5 Å². The molecule has 1 N–H and O–H groups in total. The summed E-state index contributed by atoms with van der Waals surface area (Å²) >= 11 is 0. The first-order valence-corrected chi connectivity index (χ1v) is 11.3. The number of piperidine rings is 1. The Kier molecular flexibility index (Phi) is 6.09. The summed E-state index contributed by atoms with van der Waals surface area (Å²) in [5, 5.41) is 3.03. The second kappa shape index (κ2) is 8.21. The summed E-state index contributed by atoms with van der Waals surface area (Å²) in [7, 11) is -2.02. The van der Waals surface area contributed by atoms with E-state index < -0.39 is 10.0 Å². The number of benzene rings is 1. The number of sulfonamides is 1. The summed E-state index contributed by atoms with van der Waals surface area (Å²) in [4.78, 5) is 26.8. The van der Waals surface area contributed by atoms with E-state index in [-0.39, 0.29) is 28.7 Å². The zero-order chi connectivity index (χ0) is 20.5. The van der Waals surface area contributed by atoms with Crippen molar-refractivity contribution in [1.29, 1.82) is 0 Å². The number of nitrogens with one attached hydrogen (secondary N) is 1. The third kappa shape index (κ3) is 4.55. The lowest BCUT2D eigenvalue weighted by atomic mass is 9.95. The van der Waals surface area contributed by atoms with Gasteiger partial charge in [0.05, 0.1) is 4.90 Å². The van der Waals surface area contributed by atoms with Gasteiger partial charge in [-0.25, -0.2) is 8.42 Å². The van der Waals surface area contributed by atoms with Crippen molar-refractivity contribution >= 4 is 21.8 Å². The van der Waals surface area contributed by atoms with Crippen LogP contribution >= 0.6 is 0 Å². The summed E-state index contributed by atoms with van der Waals surface area (Å²) in [6.45, 7) is 4.70. The zero-order valence-electron chi connectivity index (χ0n) is 16.7. The molecule has 8 heteroatoms. The Morgan fingerprint density at radius 3 is 2.14 bits per heavy atom. The third-order valence-electron chi connectivity index (χ3n) is 5.58. The molecule has 0 atom stereocenters. The zero-order valence-corrected chi connectivity index (χ0v) is 17.5. The molecule has 154 valence electrons. The quantitative estimate of drug-likeness (QED) is 0.780. The molecule has 28 heavy (non-hydrogen) atoms. The first kappa shape index (κ1) is 20.8. The SMILES string of the molecule is CC(C)N(C)S(=O)(=O)c1ccc(C(=O)N2CCC(C(=O)NC3CC3)CC2)cc1. The molecule has 2 amide bonds. The van der Waals surface area contributed by atoms with Gasteiger partial charge in [-0.2, -0.15) is 4.31 Å². The molecule has 7 nitrogen and oxygen atoms in total. The van der Waals surface area contributed by atoms with Gasteiger partial charge in [-0.05, 0) is 63.8 Å². The molecule has 1 aromatic rings. The van der Waals surface area contributed by atoms with Gasteiger partial charge >= 0.3 is 0 Å². The predicted molar refractivity (Wildman–Crippen MR) is 106 cm³/mol. The van der Waals surface area contributed by atoms with Crippen molar-refractivity contribution in [2.24, 2.45) is 5.92 Å². The van der Waals surface area contributed by atoms with Gasteiger partial charge in [-0.15, -0.1) is 0 Å². The molecular weight excluding hydrogens is 378 g/mol. The number of rotatable bonds is 6. The van der Waals surface area contributed by atoms with E-state index in [0.717, 1.165) is 12.8 Å². The Balaban J connectivity index is 1.60. The highest BCUT2D eigenvalue weighted by Crippen LogP contribution is 2.24. The lowest BCUT2D eigenvalue weighted by Gasteiger charge is -2.31. The van der Waals surface area contributed by atoms with Crippen LogP contribution in [0.3, 0.4) is 0 Å². The van der Waals surface area contributed by atoms with Crippen molar-refractivity contribution in [3.05, 3.63) is 29.8 Å². The van der Waals surface area contributed by atoms with E-state index in [4.69, 9.17) is 0 Å². The second-order valence-corrected chi connectivity index (χ2v) is 9.99. The fourth-order valence-corrected chi connectivity index (χ4v) is 4.65. The lowest BCUT2D eigenvalue weighted by Crippen LogP contribution is -2.43. The predicted octanol–water partition coefficient (Wildman–Crippen LogP) is 1.85. The van der Waals surface area contributed by atoms with Gasteiger partial charge in [0, 0.05) is 43.7 Å². The smallest absolute Gasteiger partial charge is 0.253 e. The highest BCUT2D eigenvalue weighted by Gasteiger charge is 2.31. The second-order valence-electron chi connectivity index (χ2n) is 7.99. The van der Waals surface area contributed by atoms with Crippen LogP contribution in [0.2, 0.25) is 0 Å². The van der Waals surface area contributed by atoms with Crippen LogP contribution < -0.4 is 5.32 Å². The van der Waals surface area contributed by atoms with E-state index in [1.807, 2.05) is 13.8 Å². The molecule has 1 saturated heterocycles. The average Bonchev–Trinajstić information content (AvgIpc) is 3.50. The van der Waals surface area contributed by atoms with Crippen LogP contribution in [0.1, 0.15) is 49.9 Å². The Hall–Kier alpha value is -1.93. The van der Waals surface area contributed by atoms with E-state index in [2.05, 4.69) is 5.32 Å². The summed E-state index contributed by atoms with van der Waals surface area (Å²) in [6.07, 6.45) is 3.47. The van der Waals surface area contributed by atoms with Crippen LogP contribution in [0.25, 0.3) is 0 Å². The van der Waals surface area contributed by atoms with Gasteiger partial charge in [-0.1, -0.05) is 0 Å². The van der Waals surface area contributed by atoms with Crippen molar-refractivity contribution in [2.45, 2.75) is 56.5 Å². The van der Waals surface area contributed by atoms with Gasteiger partial charge in [0.25, 0.3) is 5.91 Å². The van der Waals surface area contributed by atoms with E-state index in [1.165, 1.54) is 16.4 Å². The van der Waals surface area contributed by atoms with Crippen molar-refractivity contribution in [3.8, 4) is 0 Å². The van der Waals surface area contributed by atoms with Gasteiger partial charge in [0.15, 0.2) is 0 Å². The van der Waals surface area contributed by atoms with Crippen LogP contribution in [-0.2, 0) is 14.8 Å². The summed E-state index contributed by atoms with van der Waals surface area (Å²) in [6, 6.07) is 6.31. The fourth-order valence-electron chi connectivity index (χ4n) is 3.29. The van der Waals surface area contributed by atoms with Crippen molar-refractivity contribution in [3.63, 3.8) is 0 Å². The molecule has 0 bridgehead atoms. The average molecular weight is 408 g/mol. The van der Waals surface area contributed by atoms with Gasteiger partial charge in [0.2, 0.25) is 15.9 Å². The maximum atomic E-state index is 12.7. The van der Waals surface area contributed by atoms with Crippen LogP contribution in [0.15, 0.2) is 29.2 Å². The molecule has 3 rings (SSSR count). The molecule has 1 aliphatic carbocycles. The van der Waals surface area contributed by atoms with Gasteiger partial charge in [-0.3, -0.25) is 9.59 Å². The largest absolute Gasteiger partial charge is 0.353 e. The Morgan fingerprint density at radius 1 is 1.07 bits per heavy atom. The number of hydrogen-bond acceptors (Lipinski definition) is 4. The van der Waals surface area contributed by atoms with E-state index >= 15 is 0 Å². The number of hydrogen-bond donors (Lipinski definition) is 1.